The van der Waals surface area contributed by atoms with Gasteiger partial charge in [0.1, 0.15) is 12.4 Å². The van der Waals surface area contributed by atoms with Crippen LogP contribution in [0.1, 0.15) is 11.1 Å². The molecule has 5 nitrogen and oxygen atoms in total. The van der Waals surface area contributed by atoms with Crippen molar-refractivity contribution in [3.05, 3.63) is 76.3 Å². The molecule has 0 saturated carbocycles. The Morgan fingerprint density at radius 2 is 1.96 bits per heavy atom. The van der Waals surface area contributed by atoms with Crippen LogP contribution in [-0.4, -0.2) is 12.2 Å². The Kier molecular flexibility index (Phi) is 5.30. The lowest BCUT2D eigenvalue weighted by molar-refractivity contribution is 0.249. The Hall–Kier alpha value is -2.86. The van der Waals surface area contributed by atoms with Crippen molar-refractivity contribution in [2.24, 2.45) is 10.8 Å². The van der Waals surface area contributed by atoms with Crippen molar-refractivity contribution < 1.29 is 9.53 Å². The summed E-state index contributed by atoms with van der Waals surface area (Å²) in [5.74, 6) is 0.658. The molecule has 0 aliphatic rings. The highest BCUT2D eigenvalue weighted by atomic mass is 79.9. The summed E-state index contributed by atoms with van der Waals surface area (Å²) in [5.41, 5.74) is 9.01. The third kappa shape index (κ3) is 4.36. The first-order valence-corrected chi connectivity index (χ1v) is 8.40. The lowest BCUT2D eigenvalue weighted by Gasteiger charge is -2.11. The standard InChI is InChI=1S/C19H16BrN3O2/c20-16-8-9-18(15(10-16)11-22-23-19(21)24)25-12-14-6-3-5-13-4-1-2-7-17(13)14/h1-11H,12H2,(H3,21,23,24). The molecule has 0 bridgehead atoms. The van der Waals surface area contributed by atoms with Gasteiger partial charge in [-0.05, 0) is 34.5 Å². The minimum Gasteiger partial charge on any atom is -0.488 e. The van der Waals surface area contributed by atoms with E-state index in [2.05, 4.69) is 44.7 Å². The Morgan fingerprint density at radius 3 is 2.80 bits per heavy atom. The van der Waals surface area contributed by atoms with Gasteiger partial charge >= 0.3 is 6.03 Å². The van der Waals surface area contributed by atoms with Crippen LogP contribution in [-0.2, 0) is 6.61 Å². The van der Waals surface area contributed by atoms with Gasteiger partial charge in [0.15, 0.2) is 0 Å². The number of primary amides is 1. The Bertz CT molecular complexity index is 936. The fraction of sp³-hybridized carbons (Fsp3) is 0.0526. The van der Waals surface area contributed by atoms with Crippen molar-refractivity contribution >= 4 is 38.9 Å². The predicted molar refractivity (Wildman–Crippen MR) is 103 cm³/mol. The number of benzene rings is 3. The fourth-order valence-electron chi connectivity index (χ4n) is 2.49. The van der Waals surface area contributed by atoms with Crippen LogP contribution < -0.4 is 15.9 Å². The van der Waals surface area contributed by atoms with Crippen molar-refractivity contribution in [1.82, 2.24) is 5.43 Å². The first-order chi connectivity index (χ1) is 12.1. The summed E-state index contributed by atoms with van der Waals surface area (Å²) in [5, 5.41) is 6.13. The molecule has 3 aromatic carbocycles. The van der Waals surface area contributed by atoms with E-state index in [-0.39, 0.29) is 0 Å². The van der Waals surface area contributed by atoms with Gasteiger partial charge in [0, 0.05) is 10.0 Å². The van der Waals surface area contributed by atoms with Gasteiger partial charge < -0.3 is 10.5 Å². The number of amides is 2. The lowest BCUT2D eigenvalue weighted by Crippen LogP contribution is -2.24. The Labute approximate surface area is 153 Å². The van der Waals surface area contributed by atoms with Crippen LogP contribution in [0.4, 0.5) is 4.79 Å². The second-order valence-corrected chi connectivity index (χ2v) is 6.26. The first-order valence-electron chi connectivity index (χ1n) is 7.61. The number of nitrogens with zero attached hydrogens (tertiary/aromatic N) is 1. The molecule has 0 radical (unpaired) electrons. The summed E-state index contributed by atoms with van der Waals surface area (Å²) < 4.78 is 6.87. The van der Waals surface area contributed by atoms with Gasteiger partial charge in [0.05, 0.1) is 6.21 Å². The molecule has 0 unspecified atom stereocenters. The van der Waals surface area contributed by atoms with Crippen LogP contribution in [0.15, 0.2) is 70.2 Å². The smallest absolute Gasteiger partial charge is 0.332 e. The first kappa shape index (κ1) is 17.0. The number of ether oxygens (including phenoxy) is 1. The number of hydrogen-bond acceptors (Lipinski definition) is 3. The molecule has 0 spiro atoms. The van der Waals surface area contributed by atoms with Crippen LogP contribution in [0.2, 0.25) is 0 Å². The molecule has 0 aliphatic heterocycles. The number of nitrogens with one attached hydrogen (secondary N) is 1. The maximum absolute atomic E-state index is 10.7. The quantitative estimate of drug-likeness (QED) is 0.500. The molecule has 6 heteroatoms. The number of rotatable bonds is 5. The fourth-order valence-corrected chi connectivity index (χ4v) is 2.87. The number of fused-ring (bicyclic) bond motifs is 1. The number of carbonyl (C=O) groups is 1. The van der Waals surface area contributed by atoms with E-state index < -0.39 is 6.03 Å². The molecule has 0 aliphatic carbocycles. The molecule has 3 aromatic rings. The van der Waals surface area contributed by atoms with E-state index in [0.717, 1.165) is 21.0 Å². The van der Waals surface area contributed by atoms with E-state index in [0.29, 0.717) is 12.4 Å². The van der Waals surface area contributed by atoms with E-state index in [9.17, 15) is 4.79 Å². The molecule has 3 N–H and O–H groups in total. The molecule has 0 aromatic heterocycles. The summed E-state index contributed by atoms with van der Waals surface area (Å²) in [6.07, 6.45) is 1.49. The second kappa shape index (κ2) is 7.81. The average molecular weight is 398 g/mol. The number of halogens is 1. The molecule has 0 saturated heterocycles. The van der Waals surface area contributed by atoms with Crippen molar-refractivity contribution in [1.29, 1.82) is 0 Å². The third-order valence-corrected chi connectivity index (χ3v) is 4.11. The van der Waals surface area contributed by atoms with Crippen LogP contribution >= 0.6 is 15.9 Å². The van der Waals surface area contributed by atoms with E-state index >= 15 is 0 Å². The molecular weight excluding hydrogens is 382 g/mol. The summed E-state index contributed by atoms with van der Waals surface area (Å²) in [6, 6.07) is 19.2. The number of nitrogens with two attached hydrogens (primary N) is 1. The number of urea groups is 1. The van der Waals surface area contributed by atoms with Gasteiger partial charge in [-0.3, -0.25) is 0 Å². The van der Waals surface area contributed by atoms with Crippen LogP contribution in [0.25, 0.3) is 10.8 Å². The number of hydrogen-bond donors (Lipinski definition) is 2. The summed E-state index contributed by atoms with van der Waals surface area (Å²) in [4.78, 5) is 10.7. The van der Waals surface area contributed by atoms with Crippen molar-refractivity contribution in [2.75, 3.05) is 0 Å². The van der Waals surface area contributed by atoms with Crippen molar-refractivity contribution in [2.45, 2.75) is 6.61 Å². The summed E-state index contributed by atoms with van der Waals surface area (Å²) in [6.45, 7) is 0.424. The van der Waals surface area contributed by atoms with E-state index in [1.165, 1.54) is 11.6 Å². The van der Waals surface area contributed by atoms with Gasteiger partial charge in [-0.15, -0.1) is 0 Å². The largest absolute Gasteiger partial charge is 0.488 e. The predicted octanol–water partition coefficient (Wildman–Crippen LogP) is 4.18. The average Bonchev–Trinajstić information content (AvgIpc) is 2.61. The van der Waals surface area contributed by atoms with Crippen molar-refractivity contribution in [3.63, 3.8) is 0 Å². The van der Waals surface area contributed by atoms with Crippen LogP contribution in [0.5, 0.6) is 5.75 Å². The molecule has 126 valence electrons. The van der Waals surface area contributed by atoms with Gasteiger partial charge in [-0.1, -0.05) is 58.4 Å². The maximum Gasteiger partial charge on any atom is 0.332 e. The molecule has 2 amide bonds. The van der Waals surface area contributed by atoms with Crippen molar-refractivity contribution in [3.8, 4) is 5.75 Å². The maximum atomic E-state index is 10.7. The highest BCUT2D eigenvalue weighted by Gasteiger charge is 2.06. The zero-order chi connectivity index (χ0) is 17.6. The third-order valence-electron chi connectivity index (χ3n) is 3.61. The molecule has 0 atom stereocenters. The highest BCUT2D eigenvalue weighted by Crippen LogP contribution is 2.25. The van der Waals surface area contributed by atoms with Gasteiger partial charge in [-0.25, -0.2) is 10.2 Å². The second-order valence-electron chi connectivity index (χ2n) is 5.34. The monoisotopic (exact) mass is 397 g/mol. The highest BCUT2D eigenvalue weighted by molar-refractivity contribution is 9.10. The molecule has 0 heterocycles. The minimum absolute atomic E-state index is 0.424. The number of hydrazone groups is 1. The van der Waals surface area contributed by atoms with Gasteiger partial charge in [0.25, 0.3) is 0 Å². The summed E-state index contributed by atoms with van der Waals surface area (Å²) in [7, 11) is 0. The van der Waals surface area contributed by atoms with E-state index in [4.69, 9.17) is 10.5 Å². The number of carbonyl (C=O) groups excluding carboxylic acids is 1. The Balaban J connectivity index is 1.83. The van der Waals surface area contributed by atoms with E-state index in [1.54, 1.807) is 0 Å². The molecule has 3 rings (SSSR count). The van der Waals surface area contributed by atoms with Gasteiger partial charge in [-0.2, -0.15) is 5.10 Å². The van der Waals surface area contributed by atoms with Crippen LogP contribution in [0, 0.1) is 0 Å². The molecule has 0 fully saturated rings. The van der Waals surface area contributed by atoms with Crippen LogP contribution in [0.3, 0.4) is 0 Å². The normalized spacial score (nSPS) is 10.9. The molecule has 25 heavy (non-hydrogen) atoms. The SMILES string of the molecule is NC(=O)NN=Cc1cc(Br)ccc1OCc1cccc2ccccc12. The molecular formula is C19H16BrN3O2. The zero-order valence-electron chi connectivity index (χ0n) is 13.3. The lowest BCUT2D eigenvalue weighted by atomic mass is 10.1. The topological polar surface area (TPSA) is 76.7 Å². The zero-order valence-corrected chi connectivity index (χ0v) is 14.9. The Morgan fingerprint density at radius 1 is 1.16 bits per heavy atom. The van der Waals surface area contributed by atoms with E-state index in [1.807, 2.05) is 42.5 Å². The van der Waals surface area contributed by atoms with Gasteiger partial charge in [0.2, 0.25) is 0 Å². The minimum atomic E-state index is -0.718. The summed E-state index contributed by atoms with van der Waals surface area (Å²) >= 11 is 3.42.